The highest BCUT2D eigenvalue weighted by Crippen LogP contribution is 2.27. The summed E-state index contributed by atoms with van der Waals surface area (Å²) in [4.78, 5) is 10.3. The molecule has 7 heteroatoms. The van der Waals surface area contributed by atoms with Gasteiger partial charge in [-0.05, 0) is 6.42 Å². The van der Waals surface area contributed by atoms with E-state index in [-0.39, 0.29) is 17.7 Å². The molecule has 0 bridgehead atoms. The second-order valence-electron chi connectivity index (χ2n) is 4.48. The average Bonchev–Trinajstić information content (AvgIpc) is 2.37. The highest BCUT2D eigenvalue weighted by atomic mass is 19.1. The third-order valence-corrected chi connectivity index (χ3v) is 3.04. The Labute approximate surface area is 118 Å². The lowest BCUT2D eigenvalue weighted by Gasteiger charge is -2.14. The van der Waals surface area contributed by atoms with Crippen LogP contribution in [0.15, 0.2) is 36.4 Å². The molecule has 0 heterocycles. The first-order valence-electron chi connectivity index (χ1n) is 6.02. The standard InChI is InChI=1S/C14H11F3N2O2/c15-9-6-10(16)14(11(17)7-9)12(18)5-8-3-1-2-4-13(8)19(20)21/h1-4,6-7,12H,5,18H2. The summed E-state index contributed by atoms with van der Waals surface area (Å²) in [5.74, 6) is -3.27. The maximum absolute atomic E-state index is 13.6. The van der Waals surface area contributed by atoms with Crippen LogP contribution < -0.4 is 5.73 Å². The Hall–Kier alpha value is -2.41. The molecular formula is C14H11F3N2O2. The molecule has 4 nitrogen and oxygen atoms in total. The Kier molecular flexibility index (Phi) is 4.23. The number of nitrogens with zero attached hydrogens (tertiary/aromatic N) is 1. The lowest BCUT2D eigenvalue weighted by Crippen LogP contribution is -2.18. The maximum Gasteiger partial charge on any atom is 0.272 e. The van der Waals surface area contributed by atoms with Crippen LogP contribution in [0.5, 0.6) is 0 Å². The van der Waals surface area contributed by atoms with Gasteiger partial charge in [-0.15, -0.1) is 0 Å². The Morgan fingerprint density at radius 1 is 1.14 bits per heavy atom. The van der Waals surface area contributed by atoms with E-state index in [9.17, 15) is 23.3 Å². The molecule has 21 heavy (non-hydrogen) atoms. The van der Waals surface area contributed by atoms with E-state index in [4.69, 9.17) is 5.73 Å². The van der Waals surface area contributed by atoms with E-state index in [0.717, 1.165) is 0 Å². The summed E-state index contributed by atoms with van der Waals surface area (Å²) in [6.07, 6.45) is -0.142. The van der Waals surface area contributed by atoms with E-state index in [0.29, 0.717) is 12.1 Å². The van der Waals surface area contributed by atoms with Crippen molar-refractivity contribution < 1.29 is 18.1 Å². The molecule has 0 aliphatic carbocycles. The zero-order chi connectivity index (χ0) is 15.6. The summed E-state index contributed by atoms with van der Waals surface area (Å²) in [5, 5.41) is 10.9. The molecule has 2 rings (SSSR count). The minimum Gasteiger partial charge on any atom is -0.323 e. The van der Waals surface area contributed by atoms with Gasteiger partial charge in [0.25, 0.3) is 5.69 Å². The summed E-state index contributed by atoms with van der Waals surface area (Å²) >= 11 is 0. The zero-order valence-electron chi connectivity index (χ0n) is 10.7. The van der Waals surface area contributed by atoms with Gasteiger partial charge >= 0.3 is 0 Å². The molecule has 2 N–H and O–H groups in total. The minimum atomic E-state index is -1.16. The number of nitro benzene ring substituents is 1. The fourth-order valence-corrected chi connectivity index (χ4v) is 2.11. The number of nitro groups is 1. The molecule has 0 saturated carbocycles. The highest BCUT2D eigenvalue weighted by Gasteiger charge is 2.22. The van der Waals surface area contributed by atoms with Crippen molar-refractivity contribution in [1.82, 2.24) is 0 Å². The largest absolute Gasteiger partial charge is 0.323 e. The van der Waals surface area contributed by atoms with Gasteiger partial charge in [-0.1, -0.05) is 18.2 Å². The van der Waals surface area contributed by atoms with Gasteiger partial charge in [-0.25, -0.2) is 13.2 Å². The Morgan fingerprint density at radius 3 is 2.29 bits per heavy atom. The van der Waals surface area contributed by atoms with Crippen LogP contribution in [0, 0.1) is 27.6 Å². The SMILES string of the molecule is NC(Cc1ccccc1[N+](=O)[O-])c1c(F)cc(F)cc1F. The number of halogens is 3. The second kappa shape index (κ2) is 5.92. The van der Waals surface area contributed by atoms with E-state index in [1.165, 1.54) is 18.2 Å². The predicted octanol–water partition coefficient (Wildman–Crippen LogP) is 3.25. The minimum absolute atomic E-state index is 0.142. The average molecular weight is 296 g/mol. The van der Waals surface area contributed by atoms with Crippen LogP contribution in [-0.2, 0) is 6.42 Å². The molecule has 0 fully saturated rings. The molecule has 0 spiro atoms. The quantitative estimate of drug-likeness (QED) is 0.695. The highest BCUT2D eigenvalue weighted by molar-refractivity contribution is 5.41. The molecule has 0 aliphatic rings. The summed E-state index contributed by atoms with van der Waals surface area (Å²) in [7, 11) is 0. The smallest absolute Gasteiger partial charge is 0.272 e. The molecule has 110 valence electrons. The van der Waals surface area contributed by atoms with E-state index >= 15 is 0 Å². The lowest BCUT2D eigenvalue weighted by molar-refractivity contribution is -0.385. The first-order valence-corrected chi connectivity index (χ1v) is 6.02. The monoisotopic (exact) mass is 296 g/mol. The van der Waals surface area contributed by atoms with Crippen molar-refractivity contribution in [1.29, 1.82) is 0 Å². The second-order valence-corrected chi connectivity index (χ2v) is 4.48. The number of nitrogens with two attached hydrogens (primary N) is 1. The Morgan fingerprint density at radius 2 is 1.71 bits per heavy atom. The summed E-state index contributed by atoms with van der Waals surface area (Å²) in [6, 6.07) is 5.66. The van der Waals surface area contributed by atoms with Crippen LogP contribution in [0.2, 0.25) is 0 Å². The van der Waals surface area contributed by atoms with Crippen LogP contribution in [0.3, 0.4) is 0 Å². The van der Waals surface area contributed by atoms with Gasteiger partial charge in [0.15, 0.2) is 0 Å². The van der Waals surface area contributed by atoms with E-state index in [1.807, 2.05) is 0 Å². The molecular weight excluding hydrogens is 285 g/mol. The molecule has 0 saturated heterocycles. The third kappa shape index (κ3) is 3.19. The van der Waals surface area contributed by atoms with Crippen molar-refractivity contribution in [2.24, 2.45) is 5.73 Å². The van der Waals surface area contributed by atoms with Crippen molar-refractivity contribution in [2.45, 2.75) is 12.5 Å². The summed E-state index contributed by atoms with van der Waals surface area (Å²) < 4.78 is 40.1. The molecule has 0 amide bonds. The van der Waals surface area contributed by atoms with Crippen molar-refractivity contribution in [3.8, 4) is 0 Å². The molecule has 1 unspecified atom stereocenters. The predicted molar refractivity (Wildman–Crippen MR) is 70.0 cm³/mol. The first kappa shape index (κ1) is 15.0. The van der Waals surface area contributed by atoms with E-state index in [1.54, 1.807) is 6.07 Å². The van der Waals surface area contributed by atoms with Gasteiger partial charge < -0.3 is 5.73 Å². The van der Waals surface area contributed by atoms with Crippen LogP contribution in [0.4, 0.5) is 18.9 Å². The molecule has 0 aromatic heterocycles. The third-order valence-electron chi connectivity index (χ3n) is 3.04. The number of rotatable bonds is 4. The molecule has 0 aliphatic heterocycles. The summed E-state index contributed by atoms with van der Waals surface area (Å²) in [6.45, 7) is 0. The van der Waals surface area contributed by atoms with Crippen LogP contribution in [0.1, 0.15) is 17.2 Å². The maximum atomic E-state index is 13.6. The van der Waals surface area contributed by atoms with Gasteiger partial charge in [0.2, 0.25) is 0 Å². The van der Waals surface area contributed by atoms with Gasteiger partial charge in [-0.2, -0.15) is 0 Å². The normalized spacial score (nSPS) is 12.2. The molecule has 2 aromatic carbocycles. The fourth-order valence-electron chi connectivity index (χ4n) is 2.11. The molecule has 0 radical (unpaired) electrons. The lowest BCUT2D eigenvalue weighted by atomic mass is 9.97. The number of benzene rings is 2. The van der Waals surface area contributed by atoms with Crippen LogP contribution in [0.25, 0.3) is 0 Å². The zero-order valence-corrected chi connectivity index (χ0v) is 10.7. The fraction of sp³-hybridized carbons (Fsp3) is 0.143. The van der Waals surface area contributed by atoms with Gasteiger partial charge in [0.1, 0.15) is 17.5 Å². The first-order chi connectivity index (χ1) is 9.90. The Balaban J connectivity index is 2.35. The number of para-hydroxylation sites is 1. The topological polar surface area (TPSA) is 69.2 Å². The number of hydrogen-bond donors (Lipinski definition) is 1. The summed E-state index contributed by atoms with van der Waals surface area (Å²) in [5.41, 5.74) is 5.30. The van der Waals surface area contributed by atoms with Crippen molar-refractivity contribution in [3.05, 3.63) is 75.1 Å². The van der Waals surface area contributed by atoms with Gasteiger partial charge in [0.05, 0.1) is 4.92 Å². The van der Waals surface area contributed by atoms with Gasteiger partial charge in [-0.3, -0.25) is 10.1 Å². The molecule has 1 atom stereocenters. The van der Waals surface area contributed by atoms with E-state index < -0.39 is 34.0 Å². The molecule has 2 aromatic rings. The van der Waals surface area contributed by atoms with Crippen LogP contribution in [-0.4, -0.2) is 4.92 Å². The van der Waals surface area contributed by atoms with Crippen LogP contribution >= 0.6 is 0 Å². The van der Waals surface area contributed by atoms with Crippen molar-refractivity contribution in [2.75, 3.05) is 0 Å². The van der Waals surface area contributed by atoms with Crippen molar-refractivity contribution in [3.63, 3.8) is 0 Å². The van der Waals surface area contributed by atoms with E-state index in [2.05, 4.69) is 0 Å². The van der Waals surface area contributed by atoms with Gasteiger partial charge in [0, 0.05) is 35.4 Å². The number of hydrogen-bond acceptors (Lipinski definition) is 3. The van der Waals surface area contributed by atoms with Crippen molar-refractivity contribution >= 4 is 5.69 Å². The Bertz CT molecular complexity index is 669.